The summed E-state index contributed by atoms with van der Waals surface area (Å²) >= 11 is 0. The molecule has 112 valence electrons. The van der Waals surface area contributed by atoms with E-state index in [1.54, 1.807) is 13.8 Å². The predicted molar refractivity (Wildman–Crippen MR) is 72.3 cm³/mol. The van der Waals surface area contributed by atoms with Crippen molar-refractivity contribution in [2.75, 3.05) is 6.54 Å². The summed E-state index contributed by atoms with van der Waals surface area (Å²) in [5.74, 6) is -1.47. The van der Waals surface area contributed by atoms with Gasteiger partial charge in [0.1, 0.15) is 5.82 Å². The van der Waals surface area contributed by atoms with Crippen LogP contribution in [0.4, 0.5) is 4.39 Å². The van der Waals surface area contributed by atoms with Crippen LogP contribution < -0.4 is 0 Å². The molecule has 1 rings (SSSR count). The molecule has 0 bridgehead atoms. The molecule has 5 nitrogen and oxygen atoms in total. The Morgan fingerprint density at radius 3 is 2.30 bits per heavy atom. The highest BCUT2D eigenvalue weighted by Gasteiger charge is 2.26. The summed E-state index contributed by atoms with van der Waals surface area (Å²) < 4.78 is 38.9. The summed E-state index contributed by atoms with van der Waals surface area (Å²) in [5, 5.41) is 8.61. The highest BCUT2D eigenvalue weighted by Crippen LogP contribution is 2.19. The maximum Gasteiger partial charge on any atom is 0.303 e. The molecule has 0 aliphatic carbocycles. The molecule has 0 heterocycles. The lowest BCUT2D eigenvalue weighted by Gasteiger charge is -2.25. The van der Waals surface area contributed by atoms with Gasteiger partial charge in [-0.05, 0) is 44.5 Å². The van der Waals surface area contributed by atoms with Crippen LogP contribution in [-0.2, 0) is 14.8 Å². The Labute approximate surface area is 118 Å². The minimum atomic E-state index is -3.74. The number of aliphatic carboxylic acids is 1. The van der Waals surface area contributed by atoms with Crippen molar-refractivity contribution in [2.45, 2.75) is 37.6 Å². The van der Waals surface area contributed by atoms with Crippen molar-refractivity contribution in [1.82, 2.24) is 4.31 Å². The normalized spacial score (nSPS) is 12.1. The molecule has 1 N–H and O–H groups in total. The van der Waals surface area contributed by atoms with Gasteiger partial charge in [0.25, 0.3) is 0 Å². The number of carbonyl (C=O) groups is 1. The van der Waals surface area contributed by atoms with Gasteiger partial charge in [0.2, 0.25) is 10.0 Å². The second kappa shape index (κ2) is 6.81. The van der Waals surface area contributed by atoms with E-state index in [0.717, 1.165) is 12.1 Å². The molecule has 0 spiro atoms. The largest absolute Gasteiger partial charge is 0.481 e. The molecule has 0 aliphatic heterocycles. The number of benzene rings is 1. The third kappa shape index (κ3) is 4.28. The summed E-state index contributed by atoms with van der Waals surface area (Å²) in [4.78, 5) is 10.5. The number of hydrogen-bond acceptors (Lipinski definition) is 3. The first-order chi connectivity index (χ1) is 9.25. The highest BCUT2D eigenvalue weighted by atomic mass is 32.2. The van der Waals surface area contributed by atoms with Crippen LogP contribution in [-0.4, -0.2) is 36.4 Å². The van der Waals surface area contributed by atoms with Crippen LogP contribution in [0.3, 0.4) is 0 Å². The molecule has 0 saturated carbocycles. The molecule has 1 aromatic carbocycles. The lowest BCUT2D eigenvalue weighted by atomic mass is 10.3. The van der Waals surface area contributed by atoms with Gasteiger partial charge >= 0.3 is 5.97 Å². The number of sulfonamides is 1. The predicted octanol–water partition coefficient (Wildman–Crippen LogP) is 2.09. The van der Waals surface area contributed by atoms with Crippen LogP contribution in [0, 0.1) is 5.82 Å². The van der Waals surface area contributed by atoms with E-state index in [9.17, 15) is 17.6 Å². The van der Waals surface area contributed by atoms with Crippen molar-refractivity contribution in [2.24, 2.45) is 0 Å². The Kier molecular flexibility index (Phi) is 5.64. The molecule has 0 radical (unpaired) electrons. The van der Waals surface area contributed by atoms with Crippen LogP contribution in [0.15, 0.2) is 29.2 Å². The molecule has 0 unspecified atom stereocenters. The summed E-state index contributed by atoms with van der Waals surface area (Å²) in [7, 11) is -3.74. The summed E-state index contributed by atoms with van der Waals surface area (Å²) in [6.45, 7) is 3.54. The molecule has 1 aromatic rings. The first-order valence-electron chi connectivity index (χ1n) is 6.24. The Hall–Kier alpha value is -1.47. The van der Waals surface area contributed by atoms with Crippen molar-refractivity contribution in [3.63, 3.8) is 0 Å². The zero-order chi connectivity index (χ0) is 15.3. The van der Waals surface area contributed by atoms with Gasteiger partial charge in [-0.3, -0.25) is 4.79 Å². The quantitative estimate of drug-likeness (QED) is 0.837. The molecular weight excluding hydrogens is 285 g/mol. The third-order valence-electron chi connectivity index (χ3n) is 2.77. The molecule has 0 atom stereocenters. The average Bonchev–Trinajstić information content (AvgIpc) is 2.34. The number of rotatable bonds is 7. The van der Waals surface area contributed by atoms with Gasteiger partial charge in [-0.1, -0.05) is 0 Å². The monoisotopic (exact) mass is 303 g/mol. The van der Waals surface area contributed by atoms with E-state index in [2.05, 4.69) is 0 Å². The van der Waals surface area contributed by atoms with Crippen LogP contribution in [0.5, 0.6) is 0 Å². The third-order valence-corrected chi connectivity index (χ3v) is 4.85. The highest BCUT2D eigenvalue weighted by molar-refractivity contribution is 7.89. The Bertz CT molecular complexity index is 554. The summed E-state index contributed by atoms with van der Waals surface area (Å²) in [6.07, 6.45) is 0.135. The molecule has 0 saturated heterocycles. The van der Waals surface area contributed by atoms with Crippen molar-refractivity contribution < 1.29 is 22.7 Å². The van der Waals surface area contributed by atoms with Crippen LogP contribution in [0.25, 0.3) is 0 Å². The SMILES string of the molecule is CC(C)N(CCCC(=O)O)S(=O)(=O)c1ccc(F)cc1. The zero-order valence-corrected chi connectivity index (χ0v) is 12.2. The minimum absolute atomic E-state index is 0.00271. The Morgan fingerprint density at radius 1 is 1.30 bits per heavy atom. The number of carboxylic acid groups (broad SMARTS) is 1. The van der Waals surface area contributed by atoms with Gasteiger partial charge in [0, 0.05) is 19.0 Å². The summed E-state index contributed by atoms with van der Waals surface area (Å²) in [6, 6.07) is 4.28. The number of nitrogens with zero attached hydrogens (tertiary/aromatic N) is 1. The molecule has 0 amide bonds. The van der Waals surface area contributed by atoms with Crippen molar-refractivity contribution >= 4 is 16.0 Å². The second-order valence-electron chi connectivity index (χ2n) is 4.66. The molecular formula is C13H18FNO4S. The average molecular weight is 303 g/mol. The van der Waals surface area contributed by atoms with Gasteiger partial charge in [-0.25, -0.2) is 12.8 Å². The van der Waals surface area contributed by atoms with E-state index in [-0.39, 0.29) is 30.3 Å². The lowest BCUT2D eigenvalue weighted by molar-refractivity contribution is -0.137. The lowest BCUT2D eigenvalue weighted by Crippen LogP contribution is -2.37. The smallest absolute Gasteiger partial charge is 0.303 e. The number of halogens is 1. The summed E-state index contributed by atoms with van der Waals surface area (Å²) in [5.41, 5.74) is 0. The molecule has 7 heteroatoms. The number of hydrogen-bond donors (Lipinski definition) is 1. The van der Waals surface area contributed by atoms with E-state index < -0.39 is 21.8 Å². The first kappa shape index (κ1) is 16.6. The van der Waals surface area contributed by atoms with Gasteiger partial charge in [-0.2, -0.15) is 4.31 Å². The topological polar surface area (TPSA) is 74.7 Å². The van der Waals surface area contributed by atoms with Crippen molar-refractivity contribution in [3.05, 3.63) is 30.1 Å². The molecule has 0 aromatic heterocycles. The van der Waals surface area contributed by atoms with Gasteiger partial charge in [-0.15, -0.1) is 0 Å². The van der Waals surface area contributed by atoms with E-state index in [4.69, 9.17) is 5.11 Å². The van der Waals surface area contributed by atoms with Crippen LogP contribution >= 0.6 is 0 Å². The molecule has 20 heavy (non-hydrogen) atoms. The van der Waals surface area contributed by atoms with E-state index in [1.807, 2.05) is 0 Å². The second-order valence-corrected chi connectivity index (χ2v) is 6.55. The molecule has 0 fully saturated rings. The Balaban J connectivity index is 2.94. The van der Waals surface area contributed by atoms with Crippen molar-refractivity contribution in [1.29, 1.82) is 0 Å². The fourth-order valence-electron chi connectivity index (χ4n) is 1.78. The maximum absolute atomic E-state index is 12.9. The Morgan fingerprint density at radius 2 is 1.85 bits per heavy atom. The zero-order valence-electron chi connectivity index (χ0n) is 11.4. The van der Waals surface area contributed by atoms with Gasteiger partial charge in [0.15, 0.2) is 0 Å². The van der Waals surface area contributed by atoms with E-state index >= 15 is 0 Å². The van der Waals surface area contributed by atoms with E-state index in [1.165, 1.54) is 16.4 Å². The van der Waals surface area contributed by atoms with Gasteiger partial charge in [0.05, 0.1) is 4.90 Å². The van der Waals surface area contributed by atoms with Crippen molar-refractivity contribution in [3.8, 4) is 0 Å². The fourth-order valence-corrected chi connectivity index (χ4v) is 3.46. The van der Waals surface area contributed by atoms with Crippen LogP contribution in [0.2, 0.25) is 0 Å². The fraction of sp³-hybridized carbons (Fsp3) is 0.462. The first-order valence-corrected chi connectivity index (χ1v) is 7.68. The molecule has 0 aliphatic rings. The minimum Gasteiger partial charge on any atom is -0.481 e. The van der Waals surface area contributed by atoms with E-state index in [0.29, 0.717) is 0 Å². The standard InChI is InChI=1S/C13H18FNO4S/c1-10(2)15(9-3-4-13(16)17)20(18,19)12-7-5-11(14)6-8-12/h5-8,10H,3-4,9H2,1-2H3,(H,16,17). The maximum atomic E-state index is 12.9. The van der Waals surface area contributed by atoms with Crippen LogP contribution in [0.1, 0.15) is 26.7 Å². The van der Waals surface area contributed by atoms with Gasteiger partial charge < -0.3 is 5.11 Å². The number of carboxylic acids is 1.